The molecule has 0 aliphatic rings. The highest BCUT2D eigenvalue weighted by Crippen LogP contribution is 2.40. The second-order valence-electron chi connectivity index (χ2n) is 11.7. The van der Waals surface area contributed by atoms with E-state index in [0.717, 1.165) is 16.9 Å². The summed E-state index contributed by atoms with van der Waals surface area (Å²) < 4.78 is 4.74. The first-order chi connectivity index (χ1) is 19.8. The summed E-state index contributed by atoms with van der Waals surface area (Å²) in [4.78, 5) is 0. The zero-order valence-electron chi connectivity index (χ0n) is 24.7. The summed E-state index contributed by atoms with van der Waals surface area (Å²) in [7, 11) is 2.15. The smallest absolute Gasteiger partial charge is 0.225 e. The van der Waals surface area contributed by atoms with Crippen LogP contribution in [0.25, 0.3) is 50.0 Å². The maximum absolute atomic E-state index is 9.90. The summed E-state index contributed by atoms with van der Waals surface area (Å²) >= 11 is 0. The van der Waals surface area contributed by atoms with E-state index in [2.05, 4.69) is 148 Å². The van der Waals surface area contributed by atoms with Crippen LogP contribution in [0.5, 0.6) is 0 Å². The molecule has 0 aliphatic carbocycles. The molecule has 41 heavy (non-hydrogen) atoms. The molecule has 3 nitrogen and oxygen atoms in total. The maximum Gasteiger partial charge on any atom is 0.295 e. The third-order valence-corrected chi connectivity index (χ3v) is 8.31. The van der Waals surface area contributed by atoms with Crippen LogP contribution in [0, 0.1) is 18.3 Å². The molecule has 0 spiro atoms. The Bertz CT molecular complexity index is 1940. The van der Waals surface area contributed by atoms with Gasteiger partial charge in [0.2, 0.25) is 0 Å². The second-order valence-corrected chi connectivity index (χ2v) is 11.7. The van der Waals surface area contributed by atoms with Gasteiger partial charge in [-0.1, -0.05) is 88.4 Å². The number of benzene rings is 5. The SMILES string of the molecule is Cc1cc2ccccc2cc1-c1n(-c2c(C(C)C)cc(-c3ccccc3)cc2C(C)C)c2cc(C#N)ccc2[n+]1C. The van der Waals surface area contributed by atoms with Gasteiger partial charge in [-0.2, -0.15) is 9.83 Å². The highest BCUT2D eigenvalue weighted by molar-refractivity contribution is 5.90. The van der Waals surface area contributed by atoms with Crippen molar-refractivity contribution in [2.24, 2.45) is 7.05 Å². The van der Waals surface area contributed by atoms with Crippen molar-refractivity contribution in [2.45, 2.75) is 46.5 Å². The van der Waals surface area contributed by atoms with Crippen LogP contribution in [-0.4, -0.2) is 4.57 Å². The molecule has 0 radical (unpaired) electrons. The van der Waals surface area contributed by atoms with E-state index in [1.165, 1.54) is 49.8 Å². The van der Waals surface area contributed by atoms with E-state index in [-0.39, 0.29) is 0 Å². The molecule has 0 unspecified atom stereocenters. The highest BCUT2D eigenvalue weighted by atomic mass is 15.2. The Morgan fingerprint density at radius 1 is 0.707 bits per heavy atom. The minimum Gasteiger partial charge on any atom is -0.225 e. The molecule has 0 amide bonds. The fourth-order valence-corrected chi connectivity index (χ4v) is 6.17. The predicted octanol–water partition coefficient (Wildman–Crippen LogP) is 9.37. The fraction of sp³-hybridized carbons (Fsp3) is 0.211. The zero-order chi connectivity index (χ0) is 28.8. The molecule has 0 aliphatic heterocycles. The summed E-state index contributed by atoms with van der Waals surface area (Å²) in [6, 6.07) is 37.0. The van der Waals surface area contributed by atoms with Gasteiger partial charge in [0.15, 0.2) is 11.0 Å². The van der Waals surface area contributed by atoms with E-state index in [0.29, 0.717) is 17.4 Å². The molecule has 0 saturated carbocycles. The zero-order valence-corrected chi connectivity index (χ0v) is 24.7. The summed E-state index contributed by atoms with van der Waals surface area (Å²) in [6.07, 6.45) is 0. The lowest BCUT2D eigenvalue weighted by Gasteiger charge is -2.21. The molecule has 0 bridgehead atoms. The average Bonchev–Trinajstić information content (AvgIpc) is 3.27. The number of imidazole rings is 1. The van der Waals surface area contributed by atoms with E-state index >= 15 is 0 Å². The van der Waals surface area contributed by atoms with Crippen molar-refractivity contribution >= 4 is 21.8 Å². The third kappa shape index (κ3) is 4.50. The monoisotopic (exact) mass is 534 g/mol. The number of nitrogens with zero attached hydrogens (tertiary/aromatic N) is 3. The molecule has 0 N–H and O–H groups in total. The van der Waals surface area contributed by atoms with Crippen molar-refractivity contribution in [1.29, 1.82) is 5.26 Å². The number of fused-ring (bicyclic) bond motifs is 2. The Labute approximate surface area is 242 Å². The fourth-order valence-electron chi connectivity index (χ4n) is 6.17. The van der Waals surface area contributed by atoms with Gasteiger partial charge in [0.25, 0.3) is 5.82 Å². The molecular formula is C38H36N3+. The van der Waals surface area contributed by atoms with Crippen molar-refractivity contribution in [2.75, 3.05) is 0 Å². The topological polar surface area (TPSA) is 32.6 Å². The second kappa shape index (κ2) is 10.4. The minimum atomic E-state index is 0.290. The largest absolute Gasteiger partial charge is 0.295 e. The van der Waals surface area contributed by atoms with Crippen LogP contribution in [-0.2, 0) is 7.05 Å². The maximum atomic E-state index is 9.90. The summed E-state index contributed by atoms with van der Waals surface area (Å²) in [6.45, 7) is 11.3. The van der Waals surface area contributed by atoms with E-state index in [1.807, 2.05) is 6.07 Å². The lowest BCUT2D eigenvalue weighted by Crippen LogP contribution is -2.30. The molecule has 1 heterocycles. The summed E-state index contributed by atoms with van der Waals surface area (Å²) in [5.41, 5.74) is 11.5. The van der Waals surface area contributed by atoms with Gasteiger partial charge in [-0.25, -0.2) is 4.57 Å². The van der Waals surface area contributed by atoms with Crippen LogP contribution in [0.4, 0.5) is 0 Å². The van der Waals surface area contributed by atoms with Crippen molar-refractivity contribution in [1.82, 2.24) is 4.57 Å². The van der Waals surface area contributed by atoms with Crippen molar-refractivity contribution < 1.29 is 4.57 Å². The van der Waals surface area contributed by atoms with Gasteiger partial charge in [-0.05, 0) is 76.6 Å². The van der Waals surface area contributed by atoms with Crippen molar-refractivity contribution in [3.05, 3.63) is 119 Å². The van der Waals surface area contributed by atoms with Gasteiger partial charge in [-0.15, -0.1) is 0 Å². The number of aromatic nitrogens is 2. The lowest BCUT2D eigenvalue weighted by molar-refractivity contribution is -0.633. The first kappa shape index (κ1) is 26.5. The van der Waals surface area contributed by atoms with E-state index in [4.69, 9.17) is 0 Å². The highest BCUT2D eigenvalue weighted by Gasteiger charge is 2.32. The van der Waals surface area contributed by atoms with Gasteiger partial charge in [0.1, 0.15) is 5.69 Å². The Morgan fingerprint density at radius 3 is 1.93 bits per heavy atom. The molecule has 0 atom stereocenters. The number of hydrogen-bond acceptors (Lipinski definition) is 1. The Balaban J connectivity index is 1.79. The van der Waals surface area contributed by atoms with E-state index in [9.17, 15) is 5.26 Å². The standard InChI is InChI=1S/C38H36N3/c1-24(2)32-21-31(28-12-8-7-9-13-28)22-33(25(3)4)37(32)41-36-19-27(23-39)16-17-35(36)40(6)38(41)34-20-30-15-11-10-14-29(30)18-26(34)5/h7-22,24-25H,1-6H3/q+1. The number of nitriles is 1. The Kier molecular flexibility index (Phi) is 6.72. The van der Waals surface area contributed by atoms with Crippen LogP contribution in [0.2, 0.25) is 0 Å². The van der Waals surface area contributed by atoms with Crippen LogP contribution in [0.15, 0.2) is 97.1 Å². The van der Waals surface area contributed by atoms with Crippen LogP contribution >= 0.6 is 0 Å². The molecule has 0 fully saturated rings. The minimum absolute atomic E-state index is 0.290. The molecule has 0 saturated heterocycles. The first-order valence-electron chi connectivity index (χ1n) is 14.5. The van der Waals surface area contributed by atoms with Gasteiger partial charge >= 0.3 is 0 Å². The molecule has 202 valence electrons. The van der Waals surface area contributed by atoms with E-state index in [1.54, 1.807) is 0 Å². The number of hydrogen-bond donors (Lipinski definition) is 0. The summed E-state index contributed by atoms with van der Waals surface area (Å²) in [5.74, 6) is 1.70. The normalized spacial score (nSPS) is 11.6. The molecule has 6 rings (SSSR count). The van der Waals surface area contributed by atoms with Crippen LogP contribution < -0.4 is 4.57 Å². The third-order valence-electron chi connectivity index (χ3n) is 8.31. The van der Waals surface area contributed by atoms with Crippen LogP contribution in [0.3, 0.4) is 0 Å². The molecule has 3 heteroatoms. The predicted molar refractivity (Wildman–Crippen MR) is 170 cm³/mol. The Morgan fingerprint density at radius 2 is 1.32 bits per heavy atom. The quantitative estimate of drug-likeness (QED) is 0.203. The Hall–Kier alpha value is -4.68. The number of aryl methyl sites for hydroxylation is 2. The van der Waals surface area contributed by atoms with Gasteiger partial charge in [0.05, 0.1) is 24.2 Å². The molecular weight excluding hydrogens is 498 g/mol. The average molecular weight is 535 g/mol. The lowest BCUT2D eigenvalue weighted by atomic mass is 9.88. The first-order valence-corrected chi connectivity index (χ1v) is 14.5. The van der Waals surface area contributed by atoms with Crippen LogP contribution in [0.1, 0.15) is 61.8 Å². The molecule has 6 aromatic rings. The van der Waals surface area contributed by atoms with Gasteiger partial charge in [0, 0.05) is 17.2 Å². The molecule has 1 aromatic heterocycles. The summed E-state index contributed by atoms with van der Waals surface area (Å²) in [5, 5.41) is 12.4. The van der Waals surface area contributed by atoms with E-state index < -0.39 is 0 Å². The molecule has 5 aromatic carbocycles. The van der Waals surface area contributed by atoms with Gasteiger partial charge < -0.3 is 0 Å². The number of rotatable bonds is 5. The van der Waals surface area contributed by atoms with Gasteiger partial charge in [-0.3, -0.25) is 0 Å². The van der Waals surface area contributed by atoms with Crippen molar-refractivity contribution in [3.63, 3.8) is 0 Å². The van der Waals surface area contributed by atoms with Crippen molar-refractivity contribution in [3.8, 4) is 34.3 Å².